The Morgan fingerprint density at radius 1 is 1.70 bits per heavy atom. The molecule has 1 heterocycles. The van der Waals surface area contributed by atoms with Crippen LogP contribution in [0, 0.1) is 5.92 Å². The number of rotatable bonds is 1. The molecule has 0 unspecified atom stereocenters. The smallest absolute Gasteiger partial charge is 0.115 e. The van der Waals surface area contributed by atoms with Crippen LogP contribution in [-0.4, -0.2) is 12.3 Å². The van der Waals surface area contributed by atoms with Gasteiger partial charge in [0.1, 0.15) is 5.82 Å². The summed E-state index contributed by atoms with van der Waals surface area (Å²) in [4.78, 5) is 4.18. The van der Waals surface area contributed by atoms with Crippen LogP contribution in [0.4, 0.5) is 0 Å². The van der Waals surface area contributed by atoms with Gasteiger partial charge in [0.25, 0.3) is 0 Å². The molecule has 3 heteroatoms. The highest BCUT2D eigenvalue weighted by atomic mass is 15.0. The fourth-order valence-corrected chi connectivity index (χ4v) is 0.790. The lowest BCUT2D eigenvalue weighted by Crippen LogP contribution is -2.31. The van der Waals surface area contributed by atoms with Crippen LogP contribution in [0.3, 0.4) is 0 Å². The van der Waals surface area contributed by atoms with Crippen LogP contribution in [-0.2, 0) is 0 Å². The summed E-state index contributed by atoms with van der Waals surface area (Å²) in [6.07, 6.45) is 1.67. The topological polar surface area (TPSA) is 50.4 Å². The Labute approximate surface area is 61.0 Å². The van der Waals surface area contributed by atoms with E-state index >= 15 is 0 Å². The molecule has 0 atom stereocenters. The minimum Gasteiger partial charge on any atom is -0.384 e. The predicted molar refractivity (Wildman–Crippen MR) is 42.5 cm³/mol. The number of aliphatic imine (C=N–C) groups is 1. The molecule has 1 aliphatic rings. The van der Waals surface area contributed by atoms with Crippen molar-refractivity contribution >= 4 is 5.71 Å². The van der Waals surface area contributed by atoms with E-state index in [1.165, 1.54) is 0 Å². The molecule has 0 aliphatic carbocycles. The van der Waals surface area contributed by atoms with E-state index in [4.69, 9.17) is 5.73 Å². The Morgan fingerprint density at radius 3 is 2.80 bits per heavy atom. The van der Waals surface area contributed by atoms with Gasteiger partial charge in [-0.05, 0) is 5.92 Å². The molecule has 1 aliphatic heterocycles. The zero-order valence-electron chi connectivity index (χ0n) is 6.39. The molecular weight excluding hydrogens is 126 g/mol. The summed E-state index contributed by atoms with van der Waals surface area (Å²) in [7, 11) is 0. The average molecular weight is 139 g/mol. The maximum Gasteiger partial charge on any atom is 0.115 e. The third-order valence-electron chi connectivity index (χ3n) is 1.51. The zero-order valence-corrected chi connectivity index (χ0v) is 6.39. The molecule has 56 valence electrons. The standard InChI is InChI=1S/C7H13N3/c1-5(2)6-3-10-7(8)4-9-6/h4-5,10H,3,8H2,1-2H3. The Bertz CT molecular complexity index is 179. The molecule has 3 N–H and O–H groups in total. The zero-order chi connectivity index (χ0) is 7.56. The molecule has 0 bridgehead atoms. The first-order valence-electron chi connectivity index (χ1n) is 3.46. The highest BCUT2D eigenvalue weighted by Gasteiger charge is 2.07. The minimum absolute atomic E-state index is 0.511. The molecule has 0 saturated heterocycles. The van der Waals surface area contributed by atoms with Gasteiger partial charge in [-0.1, -0.05) is 13.8 Å². The van der Waals surface area contributed by atoms with Crippen LogP contribution in [0.1, 0.15) is 13.8 Å². The normalized spacial score (nSPS) is 17.9. The van der Waals surface area contributed by atoms with Crippen LogP contribution in [0.5, 0.6) is 0 Å². The summed E-state index contributed by atoms with van der Waals surface area (Å²) >= 11 is 0. The molecule has 0 saturated carbocycles. The fourth-order valence-electron chi connectivity index (χ4n) is 0.790. The van der Waals surface area contributed by atoms with E-state index in [9.17, 15) is 0 Å². The number of hydrogen-bond acceptors (Lipinski definition) is 3. The summed E-state index contributed by atoms with van der Waals surface area (Å²) in [6.45, 7) is 5.03. The average Bonchev–Trinajstić information content (AvgIpc) is 1.88. The summed E-state index contributed by atoms with van der Waals surface area (Å²) in [6, 6.07) is 0. The molecule has 0 spiro atoms. The second kappa shape index (κ2) is 2.73. The molecule has 0 amide bonds. The van der Waals surface area contributed by atoms with Gasteiger partial charge in [0.05, 0.1) is 12.7 Å². The number of nitrogens with zero attached hydrogens (tertiary/aromatic N) is 1. The van der Waals surface area contributed by atoms with Crippen LogP contribution < -0.4 is 11.1 Å². The third-order valence-corrected chi connectivity index (χ3v) is 1.51. The van der Waals surface area contributed by atoms with E-state index in [1.807, 2.05) is 0 Å². The van der Waals surface area contributed by atoms with E-state index in [0.717, 1.165) is 12.3 Å². The van der Waals surface area contributed by atoms with Gasteiger partial charge in [-0.3, -0.25) is 4.99 Å². The Kier molecular flexibility index (Phi) is 1.94. The van der Waals surface area contributed by atoms with Crippen molar-refractivity contribution in [1.29, 1.82) is 0 Å². The summed E-state index contributed by atoms with van der Waals surface area (Å²) in [5.74, 6) is 1.17. The van der Waals surface area contributed by atoms with Crippen molar-refractivity contribution in [3.05, 3.63) is 12.0 Å². The van der Waals surface area contributed by atoms with Crippen LogP contribution in [0.2, 0.25) is 0 Å². The van der Waals surface area contributed by atoms with Gasteiger partial charge >= 0.3 is 0 Å². The molecule has 0 aromatic rings. The highest BCUT2D eigenvalue weighted by molar-refractivity contribution is 5.89. The number of nitrogens with two attached hydrogens (primary N) is 1. The first-order chi connectivity index (χ1) is 4.70. The van der Waals surface area contributed by atoms with Crippen molar-refractivity contribution in [2.24, 2.45) is 16.6 Å². The molecule has 3 nitrogen and oxygen atoms in total. The van der Waals surface area contributed by atoms with E-state index < -0.39 is 0 Å². The van der Waals surface area contributed by atoms with E-state index in [-0.39, 0.29) is 0 Å². The summed E-state index contributed by atoms with van der Waals surface area (Å²) < 4.78 is 0. The predicted octanol–water partition coefficient (Wildman–Crippen LogP) is 0.444. The molecular formula is C7H13N3. The molecule has 10 heavy (non-hydrogen) atoms. The lowest BCUT2D eigenvalue weighted by Gasteiger charge is -2.15. The maximum atomic E-state index is 5.44. The number of nitrogens with one attached hydrogen (secondary N) is 1. The summed E-state index contributed by atoms with van der Waals surface area (Å²) in [5, 5.41) is 3.02. The van der Waals surface area contributed by atoms with Crippen molar-refractivity contribution in [2.75, 3.05) is 6.54 Å². The third kappa shape index (κ3) is 1.50. The van der Waals surface area contributed by atoms with Gasteiger partial charge in [-0.2, -0.15) is 0 Å². The molecule has 0 radical (unpaired) electrons. The van der Waals surface area contributed by atoms with Gasteiger partial charge in [-0.25, -0.2) is 0 Å². The van der Waals surface area contributed by atoms with Gasteiger partial charge in [0, 0.05) is 5.71 Å². The van der Waals surface area contributed by atoms with Gasteiger partial charge in [0.2, 0.25) is 0 Å². The lowest BCUT2D eigenvalue weighted by molar-refractivity contribution is 0.798. The first-order valence-corrected chi connectivity index (χ1v) is 3.46. The Hall–Kier alpha value is -0.990. The molecule has 0 aromatic carbocycles. The lowest BCUT2D eigenvalue weighted by atomic mass is 10.1. The van der Waals surface area contributed by atoms with Crippen molar-refractivity contribution in [2.45, 2.75) is 13.8 Å². The van der Waals surface area contributed by atoms with E-state index in [0.29, 0.717) is 11.7 Å². The van der Waals surface area contributed by atoms with E-state index in [2.05, 4.69) is 24.2 Å². The van der Waals surface area contributed by atoms with Gasteiger partial charge in [0.15, 0.2) is 0 Å². The van der Waals surface area contributed by atoms with Crippen molar-refractivity contribution in [3.63, 3.8) is 0 Å². The summed E-state index contributed by atoms with van der Waals surface area (Å²) in [5.41, 5.74) is 6.60. The highest BCUT2D eigenvalue weighted by Crippen LogP contribution is 2.00. The van der Waals surface area contributed by atoms with Crippen LogP contribution in [0.15, 0.2) is 17.0 Å². The van der Waals surface area contributed by atoms with Crippen LogP contribution in [0.25, 0.3) is 0 Å². The van der Waals surface area contributed by atoms with Crippen molar-refractivity contribution in [1.82, 2.24) is 5.32 Å². The van der Waals surface area contributed by atoms with Gasteiger partial charge in [-0.15, -0.1) is 0 Å². The molecule has 1 rings (SSSR count). The second-order valence-corrected chi connectivity index (χ2v) is 2.71. The van der Waals surface area contributed by atoms with Gasteiger partial charge < -0.3 is 11.1 Å². The second-order valence-electron chi connectivity index (χ2n) is 2.71. The minimum atomic E-state index is 0.511. The largest absolute Gasteiger partial charge is 0.384 e. The Morgan fingerprint density at radius 2 is 2.40 bits per heavy atom. The SMILES string of the molecule is CC(C)C1=NC=C(N)NC1. The monoisotopic (exact) mass is 139 g/mol. The fraction of sp³-hybridized carbons (Fsp3) is 0.571. The number of hydrogen-bond donors (Lipinski definition) is 2. The maximum absolute atomic E-state index is 5.44. The molecule has 0 aromatic heterocycles. The first kappa shape index (κ1) is 7.12. The van der Waals surface area contributed by atoms with Crippen molar-refractivity contribution < 1.29 is 0 Å². The Balaban J connectivity index is 2.64. The van der Waals surface area contributed by atoms with E-state index in [1.54, 1.807) is 6.20 Å². The quantitative estimate of drug-likeness (QED) is 0.554. The molecule has 0 fully saturated rings. The van der Waals surface area contributed by atoms with Crippen LogP contribution >= 0.6 is 0 Å². The van der Waals surface area contributed by atoms with Crippen molar-refractivity contribution in [3.8, 4) is 0 Å².